The molecule has 0 aliphatic rings. The largest absolute Gasteiger partial charge is 0.270 e. The molecule has 5 nitrogen and oxygen atoms in total. The molecule has 16 heavy (non-hydrogen) atoms. The number of aromatic nitrogens is 4. The molecule has 0 saturated heterocycles. The first-order chi connectivity index (χ1) is 7.56. The SMILES string of the molecule is Cc1cc(Cn2ncc(I)cc2=O)n(C)n1. The third-order valence-electron chi connectivity index (χ3n) is 2.25. The topological polar surface area (TPSA) is 52.7 Å². The summed E-state index contributed by atoms with van der Waals surface area (Å²) in [7, 11) is 1.86. The van der Waals surface area contributed by atoms with Gasteiger partial charge in [-0.3, -0.25) is 9.48 Å². The first-order valence-electron chi connectivity index (χ1n) is 4.78. The molecule has 84 valence electrons. The Kier molecular flexibility index (Phi) is 3.08. The third-order valence-corrected chi connectivity index (χ3v) is 2.84. The van der Waals surface area contributed by atoms with Crippen molar-refractivity contribution in [3.8, 4) is 0 Å². The van der Waals surface area contributed by atoms with Crippen molar-refractivity contribution >= 4 is 22.6 Å². The molecule has 2 aromatic rings. The van der Waals surface area contributed by atoms with Crippen LogP contribution in [0, 0.1) is 10.5 Å². The molecule has 0 N–H and O–H groups in total. The Morgan fingerprint density at radius 2 is 2.19 bits per heavy atom. The summed E-state index contributed by atoms with van der Waals surface area (Å²) in [6, 6.07) is 3.52. The van der Waals surface area contributed by atoms with Crippen LogP contribution in [0.1, 0.15) is 11.4 Å². The van der Waals surface area contributed by atoms with Gasteiger partial charge in [0.1, 0.15) is 0 Å². The van der Waals surface area contributed by atoms with Gasteiger partial charge in [-0.05, 0) is 35.6 Å². The second-order valence-electron chi connectivity index (χ2n) is 3.57. The van der Waals surface area contributed by atoms with E-state index < -0.39 is 0 Å². The first-order valence-corrected chi connectivity index (χ1v) is 5.86. The van der Waals surface area contributed by atoms with Gasteiger partial charge in [0.05, 0.1) is 24.1 Å². The molecular formula is C10H11IN4O. The van der Waals surface area contributed by atoms with Gasteiger partial charge in [-0.1, -0.05) is 0 Å². The highest BCUT2D eigenvalue weighted by Gasteiger charge is 2.05. The van der Waals surface area contributed by atoms with E-state index in [0.717, 1.165) is 15.0 Å². The second kappa shape index (κ2) is 4.36. The molecule has 2 aromatic heterocycles. The van der Waals surface area contributed by atoms with Crippen molar-refractivity contribution < 1.29 is 0 Å². The predicted octanol–water partition coefficient (Wildman–Crippen LogP) is 0.938. The van der Waals surface area contributed by atoms with E-state index in [9.17, 15) is 4.79 Å². The number of rotatable bonds is 2. The Bertz CT molecular complexity index is 572. The van der Waals surface area contributed by atoms with E-state index in [2.05, 4.69) is 32.8 Å². The minimum atomic E-state index is -0.0919. The maximum absolute atomic E-state index is 11.6. The maximum atomic E-state index is 11.6. The van der Waals surface area contributed by atoms with Gasteiger partial charge in [-0.25, -0.2) is 4.68 Å². The van der Waals surface area contributed by atoms with E-state index in [1.165, 1.54) is 4.68 Å². The molecule has 0 aliphatic heterocycles. The lowest BCUT2D eigenvalue weighted by molar-refractivity contribution is 0.589. The van der Waals surface area contributed by atoms with Gasteiger partial charge in [0, 0.05) is 16.7 Å². The van der Waals surface area contributed by atoms with Gasteiger partial charge < -0.3 is 0 Å². The summed E-state index contributed by atoms with van der Waals surface area (Å²) >= 11 is 2.07. The predicted molar refractivity (Wildman–Crippen MR) is 68.3 cm³/mol. The normalized spacial score (nSPS) is 10.7. The molecule has 2 rings (SSSR count). The monoisotopic (exact) mass is 330 g/mol. The lowest BCUT2D eigenvalue weighted by Gasteiger charge is -2.04. The molecule has 0 aliphatic carbocycles. The van der Waals surface area contributed by atoms with Gasteiger partial charge in [0.25, 0.3) is 5.56 Å². The summed E-state index contributed by atoms with van der Waals surface area (Å²) in [6.07, 6.45) is 1.67. The molecule has 0 fully saturated rings. The summed E-state index contributed by atoms with van der Waals surface area (Å²) in [4.78, 5) is 11.6. The number of nitrogens with zero attached hydrogens (tertiary/aromatic N) is 4. The fraction of sp³-hybridized carbons (Fsp3) is 0.300. The number of hydrogen-bond donors (Lipinski definition) is 0. The van der Waals surface area contributed by atoms with Crippen molar-refractivity contribution in [2.45, 2.75) is 13.5 Å². The molecule has 0 amide bonds. The summed E-state index contributed by atoms with van der Waals surface area (Å²) in [6.45, 7) is 2.38. The Morgan fingerprint density at radius 1 is 1.44 bits per heavy atom. The maximum Gasteiger partial charge on any atom is 0.268 e. The smallest absolute Gasteiger partial charge is 0.268 e. The Labute approximate surface area is 106 Å². The van der Waals surface area contributed by atoms with Crippen molar-refractivity contribution in [1.82, 2.24) is 19.6 Å². The zero-order valence-electron chi connectivity index (χ0n) is 9.01. The lowest BCUT2D eigenvalue weighted by atomic mass is 10.3. The number of hydrogen-bond acceptors (Lipinski definition) is 3. The van der Waals surface area contributed by atoms with E-state index in [-0.39, 0.29) is 5.56 Å². The molecule has 0 saturated carbocycles. The molecular weight excluding hydrogens is 319 g/mol. The highest BCUT2D eigenvalue weighted by atomic mass is 127. The third kappa shape index (κ3) is 2.31. The van der Waals surface area contributed by atoms with E-state index in [1.54, 1.807) is 16.9 Å². The van der Waals surface area contributed by atoms with Crippen LogP contribution < -0.4 is 5.56 Å². The van der Waals surface area contributed by atoms with Crippen LogP contribution in [0.2, 0.25) is 0 Å². The highest BCUT2D eigenvalue weighted by Crippen LogP contribution is 2.03. The van der Waals surface area contributed by atoms with Gasteiger partial charge in [-0.2, -0.15) is 10.2 Å². The van der Waals surface area contributed by atoms with Crippen LogP contribution in [-0.2, 0) is 13.6 Å². The van der Waals surface area contributed by atoms with Crippen molar-refractivity contribution in [2.75, 3.05) is 0 Å². The van der Waals surface area contributed by atoms with Crippen molar-refractivity contribution in [1.29, 1.82) is 0 Å². The van der Waals surface area contributed by atoms with Gasteiger partial charge in [0.2, 0.25) is 0 Å². The Hall–Kier alpha value is -1.18. The lowest BCUT2D eigenvalue weighted by Crippen LogP contribution is -2.23. The van der Waals surface area contributed by atoms with Crippen LogP contribution in [-0.4, -0.2) is 19.6 Å². The quantitative estimate of drug-likeness (QED) is 0.770. The van der Waals surface area contributed by atoms with Gasteiger partial charge in [-0.15, -0.1) is 0 Å². The van der Waals surface area contributed by atoms with Crippen molar-refractivity contribution in [2.24, 2.45) is 7.05 Å². The van der Waals surface area contributed by atoms with E-state index in [4.69, 9.17) is 0 Å². The van der Waals surface area contributed by atoms with Crippen LogP contribution in [0.15, 0.2) is 23.1 Å². The first kappa shape index (κ1) is 11.3. The average molecular weight is 330 g/mol. The van der Waals surface area contributed by atoms with Crippen LogP contribution >= 0.6 is 22.6 Å². The second-order valence-corrected chi connectivity index (χ2v) is 4.82. The van der Waals surface area contributed by atoms with E-state index in [1.807, 2.05) is 20.0 Å². The zero-order chi connectivity index (χ0) is 11.7. The zero-order valence-corrected chi connectivity index (χ0v) is 11.2. The molecule has 0 bridgehead atoms. The van der Waals surface area contributed by atoms with E-state index in [0.29, 0.717) is 6.54 Å². The standard InChI is InChI=1S/C10H11IN4O/c1-7-3-9(14(2)13-7)6-15-10(16)4-8(11)5-12-15/h3-5H,6H2,1-2H3. The van der Waals surface area contributed by atoms with Gasteiger partial charge in [0.15, 0.2) is 0 Å². The minimum absolute atomic E-state index is 0.0919. The molecule has 0 spiro atoms. The van der Waals surface area contributed by atoms with Crippen molar-refractivity contribution in [3.05, 3.63) is 43.6 Å². The summed E-state index contributed by atoms with van der Waals surface area (Å²) in [5.41, 5.74) is 1.81. The van der Waals surface area contributed by atoms with Crippen LogP contribution in [0.5, 0.6) is 0 Å². The van der Waals surface area contributed by atoms with Crippen LogP contribution in [0.4, 0.5) is 0 Å². The van der Waals surface area contributed by atoms with Crippen molar-refractivity contribution in [3.63, 3.8) is 0 Å². The summed E-state index contributed by atoms with van der Waals surface area (Å²) < 4.78 is 4.04. The highest BCUT2D eigenvalue weighted by molar-refractivity contribution is 14.1. The minimum Gasteiger partial charge on any atom is -0.270 e. The molecule has 0 aromatic carbocycles. The fourth-order valence-electron chi connectivity index (χ4n) is 1.50. The Balaban J connectivity index is 2.34. The van der Waals surface area contributed by atoms with E-state index >= 15 is 0 Å². The summed E-state index contributed by atoms with van der Waals surface area (Å²) in [5, 5.41) is 8.31. The summed E-state index contributed by atoms with van der Waals surface area (Å²) in [5.74, 6) is 0. The number of aryl methyl sites for hydroxylation is 2. The number of halogens is 1. The molecule has 0 unspecified atom stereocenters. The van der Waals surface area contributed by atoms with Gasteiger partial charge >= 0.3 is 0 Å². The van der Waals surface area contributed by atoms with Crippen LogP contribution in [0.3, 0.4) is 0 Å². The van der Waals surface area contributed by atoms with Crippen LogP contribution in [0.25, 0.3) is 0 Å². The Morgan fingerprint density at radius 3 is 2.75 bits per heavy atom. The molecule has 0 atom stereocenters. The molecule has 0 radical (unpaired) electrons. The average Bonchev–Trinajstić information content (AvgIpc) is 2.50. The fourth-order valence-corrected chi connectivity index (χ4v) is 1.89. The molecule has 6 heteroatoms. The molecule has 2 heterocycles.